The number of rotatable bonds is 3. The first-order chi connectivity index (χ1) is 7.06. The molecule has 0 radical (unpaired) electrons. The molecule has 0 unspecified atom stereocenters. The van der Waals surface area contributed by atoms with Crippen LogP contribution < -0.4 is 0 Å². The second-order valence-electron chi connectivity index (χ2n) is 2.68. The number of hydrogen-bond acceptors (Lipinski definition) is 3. The van der Waals surface area contributed by atoms with Crippen LogP contribution in [0.3, 0.4) is 0 Å². The third-order valence-corrected chi connectivity index (χ3v) is 2.04. The molecule has 0 aliphatic heterocycles. The summed E-state index contributed by atoms with van der Waals surface area (Å²) in [6.45, 7) is 0. The molecule has 1 rings (SSSR count). The topological polar surface area (TPSA) is 63.4 Å². The van der Waals surface area contributed by atoms with E-state index in [1.165, 1.54) is 6.08 Å². The molecule has 0 atom stereocenters. The molecule has 0 heterocycles. The van der Waals surface area contributed by atoms with Gasteiger partial charge in [-0.1, -0.05) is 28.1 Å². The van der Waals surface area contributed by atoms with Crippen molar-refractivity contribution in [1.29, 1.82) is 0 Å². The number of halogens is 2. The normalized spacial score (nSPS) is 10.8. The Balaban J connectivity index is 3.23. The molecule has 1 aromatic carbocycles. The van der Waals surface area contributed by atoms with E-state index in [1.54, 1.807) is 6.08 Å². The highest BCUT2D eigenvalue weighted by molar-refractivity contribution is 9.09. The number of aromatic hydroxyl groups is 1. The molecule has 0 aliphatic rings. The van der Waals surface area contributed by atoms with Crippen molar-refractivity contribution in [2.24, 2.45) is 0 Å². The zero-order valence-corrected chi connectivity index (χ0v) is 9.07. The van der Waals surface area contributed by atoms with E-state index >= 15 is 0 Å². The number of nitrogens with zero attached hydrogens (tertiary/aromatic N) is 1. The predicted molar refractivity (Wildman–Crippen MR) is 57.5 cm³/mol. The maximum Gasteiger partial charge on any atom is 0.314 e. The number of nitro groups is 1. The van der Waals surface area contributed by atoms with Gasteiger partial charge in [0.2, 0.25) is 5.75 Å². The Labute approximate surface area is 93.3 Å². The van der Waals surface area contributed by atoms with E-state index in [2.05, 4.69) is 15.9 Å². The van der Waals surface area contributed by atoms with Crippen molar-refractivity contribution < 1.29 is 14.4 Å². The molecule has 1 aromatic rings. The summed E-state index contributed by atoms with van der Waals surface area (Å²) in [7, 11) is 0. The van der Waals surface area contributed by atoms with Crippen molar-refractivity contribution >= 4 is 27.7 Å². The summed E-state index contributed by atoms with van der Waals surface area (Å²) in [4.78, 5) is 9.62. The van der Waals surface area contributed by atoms with Crippen molar-refractivity contribution in [2.75, 3.05) is 5.33 Å². The fourth-order valence-electron chi connectivity index (χ4n) is 1.02. The summed E-state index contributed by atoms with van der Waals surface area (Å²) < 4.78 is 13.0. The molecule has 80 valence electrons. The number of hydrogen-bond donors (Lipinski definition) is 1. The SMILES string of the molecule is O=[N+]([O-])c1cc(C=CCBr)cc(F)c1O. The summed E-state index contributed by atoms with van der Waals surface area (Å²) >= 11 is 3.12. The van der Waals surface area contributed by atoms with Gasteiger partial charge in [0, 0.05) is 11.4 Å². The largest absolute Gasteiger partial charge is 0.500 e. The maximum atomic E-state index is 13.0. The van der Waals surface area contributed by atoms with E-state index in [0.29, 0.717) is 10.9 Å². The van der Waals surface area contributed by atoms with Gasteiger partial charge in [-0.3, -0.25) is 10.1 Å². The van der Waals surface area contributed by atoms with Crippen LogP contribution in [0.2, 0.25) is 0 Å². The fraction of sp³-hybridized carbons (Fsp3) is 0.111. The molecule has 0 spiro atoms. The number of phenols is 1. The Bertz CT molecular complexity index is 420. The minimum absolute atomic E-state index is 0.330. The monoisotopic (exact) mass is 275 g/mol. The fourth-order valence-corrected chi connectivity index (χ4v) is 1.21. The zero-order valence-electron chi connectivity index (χ0n) is 7.48. The van der Waals surface area contributed by atoms with Crippen molar-refractivity contribution in [3.63, 3.8) is 0 Å². The molecule has 1 N–H and O–H groups in total. The quantitative estimate of drug-likeness (QED) is 0.524. The smallest absolute Gasteiger partial charge is 0.314 e. The minimum Gasteiger partial charge on any atom is -0.500 e. The van der Waals surface area contributed by atoms with Gasteiger partial charge in [-0.2, -0.15) is 0 Å². The zero-order chi connectivity index (χ0) is 11.4. The standard InChI is InChI=1S/C9H7BrFNO3/c10-3-1-2-6-4-7(11)9(13)8(5-6)12(14)15/h1-2,4-5,13H,3H2. The highest BCUT2D eigenvalue weighted by Crippen LogP contribution is 2.30. The Morgan fingerprint density at radius 1 is 1.60 bits per heavy atom. The molecule has 0 bridgehead atoms. The lowest BCUT2D eigenvalue weighted by molar-refractivity contribution is -0.386. The summed E-state index contributed by atoms with van der Waals surface area (Å²) in [5, 5.41) is 20.1. The Hall–Kier alpha value is -1.43. The van der Waals surface area contributed by atoms with Gasteiger partial charge in [0.25, 0.3) is 0 Å². The maximum absolute atomic E-state index is 13.0. The van der Waals surface area contributed by atoms with Crippen LogP contribution in [-0.2, 0) is 0 Å². The summed E-state index contributed by atoms with van der Waals surface area (Å²) in [5.41, 5.74) is -0.305. The first-order valence-corrected chi connectivity index (χ1v) is 5.08. The molecule has 6 heteroatoms. The average molecular weight is 276 g/mol. The Kier molecular flexibility index (Phi) is 3.79. The number of benzene rings is 1. The van der Waals surface area contributed by atoms with E-state index in [1.807, 2.05) is 0 Å². The second-order valence-corrected chi connectivity index (χ2v) is 3.33. The van der Waals surface area contributed by atoms with Crippen LogP contribution >= 0.6 is 15.9 Å². The molecule has 0 fully saturated rings. The molecule has 4 nitrogen and oxygen atoms in total. The summed E-state index contributed by atoms with van der Waals surface area (Å²) in [5.74, 6) is -1.94. The highest BCUT2D eigenvalue weighted by Gasteiger charge is 2.18. The molecule has 0 aromatic heterocycles. The molecule has 0 saturated heterocycles. The number of alkyl halides is 1. The molecule has 0 aliphatic carbocycles. The van der Waals surface area contributed by atoms with E-state index in [0.717, 1.165) is 12.1 Å². The van der Waals surface area contributed by atoms with Gasteiger partial charge in [-0.05, 0) is 11.6 Å². The lowest BCUT2D eigenvalue weighted by atomic mass is 10.1. The molecular weight excluding hydrogens is 269 g/mol. The van der Waals surface area contributed by atoms with Crippen molar-refractivity contribution in [2.45, 2.75) is 0 Å². The van der Waals surface area contributed by atoms with Crippen LogP contribution in [0.15, 0.2) is 18.2 Å². The van der Waals surface area contributed by atoms with Crippen LogP contribution in [-0.4, -0.2) is 15.4 Å². The van der Waals surface area contributed by atoms with Crippen LogP contribution in [0, 0.1) is 15.9 Å². The van der Waals surface area contributed by atoms with Crippen LogP contribution in [0.1, 0.15) is 5.56 Å². The lowest BCUT2D eigenvalue weighted by Gasteiger charge is -1.99. The third kappa shape index (κ3) is 2.76. The minimum atomic E-state index is -1.00. The van der Waals surface area contributed by atoms with Gasteiger partial charge in [0.15, 0.2) is 5.82 Å². The first-order valence-electron chi connectivity index (χ1n) is 3.95. The van der Waals surface area contributed by atoms with Gasteiger partial charge >= 0.3 is 5.69 Å². The number of allylic oxidation sites excluding steroid dienone is 1. The predicted octanol–water partition coefficient (Wildman–Crippen LogP) is 2.85. The van der Waals surface area contributed by atoms with Crippen LogP contribution in [0.5, 0.6) is 5.75 Å². The number of phenolic OH excluding ortho intramolecular Hbond substituents is 1. The third-order valence-electron chi connectivity index (χ3n) is 1.66. The van der Waals surface area contributed by atoms with Crippen molar-refractivity contribution in [3.05, 3.63) is 39.7 Å². The Morgan fingerprint density at radius 2 is 2.27 bits per heavy atom. The molecule has 0 saturated carbocycles. The van der Waals surface area contributed by atoms with Gasteiger partial charge in [0.05, 0.1) is 4.92 Å². The van der Waals surface area contributed by atoms with Gasteiger partial charge < -0.3 is 5.11 Å². The highest BCUT2D eigenvalue weighted by atomic mass is 79.9. The molecule has 0 amide bonds. The summed E-state index contributed by atoms with van der Waals surface area (Å²) in [6.07, 6.45) is 3.18. The second kappa shape index (κ2) is 4.88. The van der Waals surface area contributed by atoms with E-state index in [4.69, 9.17) is 5.11 Å². The van der Waals surface area contributed by atoms with E-state index in [-0.39, 0.29) is 0 Å². The number of nitro benzene ring substituents is 1. The van der Waals surface area contributed by atoms with Crippen molar-refractivity contribution in [3.8, 4) is 5.75 Å². The van der Waals surface area contributed by atoms with Crippen LogP contribution in [0.4, 0.5) is 10.1 Å². The van der Waals surface area contributed by atoms with Gasteiger partial charge in [-0.25, -0.2) is 4.39 Å². The lowest BCUT2D eigenvalue weighted by Crippen LogP contribution is -1.92. The first kappa shape index (κ1) is 11.6. The van der Waals surface area contributed by atoms with Crippen molar-refractivity contribution in [1.82, 2.24) is 0 Å². The van der Waals surface area contributed by atoms with Gasteiger partial charge in [-0.15, -0.1) is 0 Å². The van der Waals surface area contributed by atoms with E-state index in [9.17, 15) is 14.5 Å². The average Bonchev–Trinajstić information content (AvgIpc) is 2.19. The van der Waals surface area contributed by atoms with Gasteiger partial charge in [0.1, 0.15) is 0 Å². The van der Waals surface area contributed by atoms with E-state index < -0.39 is 22.2 Å². The molecule has 15 heavy (non-hydrogen) atoms. The Morgan fingerprint density at radius 3 is 2.80 bits per heavy atom. The molecular formula is C9H7BrFNO3. The summed E-state index contributed by atoms with van der Waals surface area (Å²) in [6, 6.07) is 2.14. The van der Waals surface area contributed by atoms with Crippen LogP contribution in [0.25, 0.3) is 6.08 Å².